The summed E-state index contributed by atoms with van der Waals surface area (Å²) in [7, 11) is 1.65. The summed E-state index contributed by atoms with van der Waals surface area (Å²) in [4.78, 5) is 24.8. The Morgan fingerprint density at radius 1 is 0.875 bits per heavy atom. The van der Waals surface area contributed by atoms with Gasteiger partial charge < -0.3 is 10.1 Å². The highest BCUT2D eigenvalue weighted by Crippen LogP contribution is 2.46. The van der Waals surface area contributed by atoms with Crippen molar-refractivity contribution >= 4 is 11.6 Å². The van der Waals surface area contributed by atoms with Crippen LogP contribution in [0.25, 0.3) is 0 Å². The minimum absolute atomic E-state index is 0.0515. The van der Waals surface area contributed by atoms with Crippen molar-refractivity contribution in [2.75, 3.05) is 7.11 Å². The average molecular weight is 323 g/mol. The summed E-state index contributed by atoms with van der Waals surface area (Å²) in [5.74, 6) is 1.14. The fraction of sp³-hybridized carbons (Fsp3) is 0.400. The molecule has 0 fully saturated rings. The average Bonchev–Trinajstić information content (AvgIpc) is 2.61. The number of ketones is 2. The third-order valence-electron chi connectivity index (χ3n) is 5.30. The van der Waals surface area contributed by atoms with Crippen molar-refractivity contribution in [3.63, 3.8) is 0 Å². The molecule has 0 radical (unpaired) electrons. The summed E-state index contributed by atoms with van der Waals surface area (Å²) in [6.07, 6.45) is 4.74. The van der Waals surface area contributed by atoms with Gasteiger partial charge in [0.1, 0.15) is 5.75 Å². The van der Waals surface area contributed by atoms with Gasteiger partial charge in [0.05, 0.1) is 18.5 Å². The molecule has 1 aromatic carbocycles. The van der Waals surface area contributed by atoms with E-state index in [4.69, 9.17) is 4.74 Å². The molecule has 0 atom stereocenters. The Morgan fingerprint density at radius 2 is 1.42 bits per heavy atom. The van der Waals surface area contributed by atoms with Crippen LogP contribution < -0.4 is 10.1 Å². The lowest BCUT2D eigenvalue weighted by Crippen LogP contribution is -2.37. The molecule has 3 aliphatic rings. The summed E-state index contributed by atoms with van der Waals surface area (Å²) >= 11 is 0. The smallest absolute Gasteiger partial charge is 0.179 e. The Labute approximate surface area is 141 Å². The number of carbonyl (C=O) groups excluding carboxylic acids is 2. The van der Waals surface area contributed by atoms with Gasteiger partial charge >= 0.3 is 0 Å². The lowest BCUT2D eigenvalue weighted by Gasteiger charge is -2.37. The maximum atomic E-state index is 12.4. The minimum Gasteiger partial charge on any atom is -0.497 e. The van der Waals surface area contributed by atoms with Crippen LogP contribution in [0.2, 0.25) is 0 Å². The van der Waals surface area contributed by atoms with E-state index in [0.29, 0.717) is 24.2 Å². The van der Waals surface area contributed by atoms with Crippen LogP contribution in [-0.4, -0.2) is 18.7 Å². The van der Waals surface area contributed by atoms with Gasteiger partial charge in [-0.05, 0) is 54.5 Å². The van der Waals surface area contributed by atoms with Gasteiger partial charge in [0.15, 0.2) is 11.6 Å². The maximum absolute atomic E-state index is 12.4. The van der Waals surface area contributed by atoms with Crippen LogP contribution in [0.4, 0.5) is 0 Å². The molecule has 0 bridgehead atoms. The number of benzene rings is 1. The molecule has 4 nitrogen and oxygen atoms in total. The lowest BCUT2D eigenvalue weighted by molar-refractivity contribution is -0.117. The Bertz CT molecular complexity index is 729. The van der Waals surface area contributed by atoms with Gasteiger partial charge in [0, 0.05) is 18.8 Å². The van der Waals surface area contributed by atoms with Crippen molar-refractivity contribution in [3.05, 3.63) is 52.4 Å². The van der Waals surface area contributed by atoms with Gasteiger partial charge in [-0.1, -0.05) is 12.1 Å². The molecule has 0 spiro atoms. The second-order valence-electron chi connectivity index (χ2n) is 6.69. The van der Waals surface area contributed by atoms with Crippen molar-refractivity contribution < 1.29 is 14.3 Å². The number of ether oxygens (including phenoxy) is 1. The van der Waals surface area contributed by atoms with E-state index in [0.717, 1.165) is 48.1 Å². The highest BCUT2D eigenvalue weighted by atomic mass is 16.5. The first-order valence-electron chi connectivity index (χ1n) is 8.62. The SMILES string of the molecule is COc1ccc(C2C3=C(NC4=C2CCCC4=O)C(=O)CCC3)cc1. The van der Waals surface area contributed by atoms with Crippen molar-refractivity contribution in [2.24, 2.45) is 0 Å². The number of methoxy groups -OCH3 is 1. The van der Waals surface area contributed by atoms with E-state index in [-0.39, 0.29) is 17.5 Å². The summed E-state index contributed by atoms with van der Waals surface area (Å²) in [6, 6.07) is 8.02. The number of rotatable bonds is 2. The quantitative estimate of drug-likeness (QED) is 0.906. The van der Waals surface area contributed by atoms with E-state index >= 15 is 0 Å². The summed E-state index contributed by atoms with van der Waals surface area (Å²) in [5.41, 5.74) is 4.81. The zero-order valence-corrected chi connectivity index (χ0v) is 13.9. The minimum atomic E-state index is 0.0515. The number of carbonyl (C=O) groups is 2. The second kappa shape index (κ2) is 5.93. The predicted molar refractivity (Wildman–Crippen MR) is 90.6 cm³/mol. The summed E-state index contributed by atoms with van der Waals surface area (Å²) < 4.78 is 5.26. The fourth-order valence-electron chi connectivity index (χ4n) is 4.15. The first-order valence-corrected chi connectivity index (χ1v) is 8.62. The predicted octanol–water partition coefficient (Wildman–Crippen LogP) is 3.40. The lowest BCUT2D eigenvalue weighted by atomic mass is 9.72. The molecule has 0 amide bonds. The number of Topliss-reactive ketones (excluding diaryl/α,β-unsaturated/α-hetero) is 2. The topological polar surface area (TPSA) is 55.4 Å². The molecule has 2 aliphatic carbocycles. The molecule has 4 heteroatoms. The summed E-state index contributed by atoms with van der Waals surface area (Å²) in [6.45, 7) is 0. The third-order valence-corrected chi connectivity index (χ3v) is 5.30. The van der Waals surface area contributed by atoms with E-state index in [1.54, 1.807) is 7.11 Å². The number of nitrogens with one attached hydrogen (secondary N) is 1. The molecular formula is C20H21NO3. The van der Waals surface area contributed by atoms with E-state index in [2.05, 4.69) is 17.4 Å². The van der Waals surface area contributed by atoms with Crippen molar-refractivity contribution in [3.8, 4) is 5.75 Å². The largest absolute Gasteiger partial charge is 0.497 e. The molecule has 0 saturated carbocycles. The second-order valence-corrected chi connectivity index (χ2v) is 6.69. The Kier molecular flexibility index (Phi) is 3.75. The summed E-state index contributed by atoms with van der Waals surface area (Å²) in [5, 5.41) is 3.21. The van der Waals surface area contributed by atoms with Crippen LogP contribution in [-0.2, 0) is 9.59 Å². The monoisotopic (exact) mass is 323 g/mol. The Balaban J connectivity index is 1.85. The zero-order valence-electron chi connectivity index (χ0n) is 13.9. The van der Waals surface area contributed by atoms with Gasteiger partial charge in [-0.25, -0.2) is 0 Å². The van der Waals surface area contributed by atoms with Crippen molar-refractivity contribution in [1.29, 1.82) is 0 Å². The van der Waals surface area contributed by atoms with Crippen LogP contribution in [0, 0.1) is 0 Å². The molecule has 24 heavy (non-hydrogen) atoms. The van der Waals surface area contributed by atoms with E-state index in [9.17, 15) is 9.59 Å². The number of hydrogen-bond acceptors (Lipinski definition) is 4. The third kappa shape index (κ3) is 2.37. The molecule has 1 aromatic rings. The van der Waals surface area contributed by atoms with Crippen LogP contribution in [0.5, 0.6) is 5.75 Å². The normalized spacial score (nSPS) is 21.4. The fourth-order valence-corrected chi connectivity index (χ4v) is 4.15. The number of allylic oxidation sites excluding steroid dienone is 4. The van der Waals surface area contributed by atoms with Crippen LogP contribution in [0.15, 0.2) is 46.8 Å². The van der Waals surface area contributed by atoms with Gasteiger partial charge in [-0.3, -0.25) is 9.59 Å². The van der Waals surface area contributed by atoms with E-state index in [1.807, 2.05) is 12.1 Å². The molecule has 1 heterocycles. The standard InChI is InChI=1S/C20H21NO3/c1-24-13-10-8-12(9-11-13)18-14-4-2-6-16(22)19(14)21-20-15(18)5-3-7-17(20)23/h8-11,18,21H,2-7H2,1H3. The van der Waals surface area contributed by atoms with Crippen molar-refractivity contribution in [2.45, 2.75) is 44.4 Å². The molecule has 1 aliphatic heterocycles. The van der Waals surface area contributed by atoms with Crippen LogP contribution in [0.3, 0.4) is 0 Å². The molecule has 0 aromatic heterocycles. The van der Waals surface area contributed by atoms with Crippen LogP contribution >= 0.6 is 0 Å². The zero-order chi connectivity index (χ0) is 16.7. The van der Waals surface area contributed by atoms with Crippen molar-refractivity contribution in [1.82, 2.24) is 5.32 Å². The molecule has 0 unspecified atom stereocenters. The maximum Gasteiger partial charge on any atom is 0.179 e. The highest BCUT2D eigenvalue weighted by Gasteiger charge is 2.38. The van der Waals surface area contributed by atoms with E-state index < -0.39 is 0 Å². The van der Waals surface area contributed by atoms with Crippen LogP contribution in [0.1, 0.15) is 50.0 Å². The van der Waals surface area contributed by atoms with Gasteiger partial charge in [0.2, 0.25) is 0 Å². The molecule has 124 valence electrons. The molecule has 4 rings (SSSR count). The highest BCUT2D eigenvalue weighted by molar-refractivity contribution is 6.03. The number of hydrogen-bond donors (Lipinski definition) is 1. The Morgan fingerprint density at radius 3 is 1.92 bits per heavy atom. The first kappa shape index (κ1) is 15.2. The number of dihydropyridines is 1. The van der Waals surface area contributed by atoms with Gasteiger partial charge in [0.25, 0.3) is 0 Å². The molecule has 1 N–H and O–H groups in total. The first-order chi connectivity index (χ1) is 11.7. The Hall–Kier alpha value is -2.36. The molecular weight excluding hydrogens is 302 g/mol. The molecule has 0 saturated heterocycles. The van der Waals surface area contributed by atoms with E-state index in [1.165, 1.54) is 0 Å². The van der Waals surface area contributed by atoms with Gasteiger partial charge in [-0.15, -0.1) is 0 Å². The van der Waals surface area contributed by atoms with Gasteiger partial charge in [-0.2, -0.15) is 0 Å².